The first kappa shape index (κ1) is 14.4. The maximum Gasteiger partial charge on any atom is 0.343 e. The number of nitrogens with zero attached hydrogens (tertiary/aromatic N) is 1. The van der Waals surface area contributed by atoms with Gasteiger partial charge in [0.2, 0.25) is 6.79 Å². The lowest BCUT2D eigenvalue weighted by Crippen LogP contribution is -2.09. The molecule has 1 aromatic heterocycles. The van der Waals surface area contributed by atoms with E-state index in [0.29, 0.717) is 46.9 Å². The molecule has 2 aromatic rings. The molecule has 1 aliphatic heterocycles. The number of benzene rings is 1. The van der Waals surface area contributed by atoms with Crippen LogP contribution < -0.4 is 14.2 Å². The lowest BCUT2D eigenvalue weighted by Gasteiger charge is -2.12. The molecule has 0 atom stereocenters. The molecule has 116 valence electrons. The van der Waals surface area contributed by atoms with Gasteiger partial charge in [0.15, 0.2) is 11.5 Å². The third kappa shape index (κ3) is 2.52. The van der Waals surface area contributed by atoms with Crippen LogP contribution in [0.1, 0.15) is 30.6 Å². The van der Waals surface area contributed by atoms with Crippen LogP contribution in [0.5, 0.6) is 17.2 Å². The quantitative estimate of drug-likeness (QED) is 0.791. The van der Waals surface area contributed by atoms with E-state index in [1.54, 1.807) is 12.1 Å². The summed E-state index contributed by atoms with van der Waals surface area (Å²) in [5.74, 6) is 1.29. The Bertz CT molecular complexity index is 713. The SMILES string of the molecule is CCCOC(=O)c1cnc2cc3c(cc2c1OCC)OCO3. The predicted molar refractivity (Wildman–Crippen MR) is 79.6 cm³/mol. The molecule has 0 radical (unpaired) electrons. The highest BCUT2D eigenvalue weighted by atomic mass is 16.7. The molecular formula is C16H17NO5. The zero-order valence-electron chi connectivity index (χ0n) is 12.5. The number of pyridine rings is 1. The number of esters is 1. The first-order chi connectivity index (χ1) is 10.7. The molecular weight excluding hydrogens is 286 g/mol. The van der Waals surface area contributed by atoms with Crippen LogP contribution in [0, 0.1) is 0 Å². The minimum atomic E-state index is -0.433. The topological polar surface area (TPSA) is 66.9 Å². The van der Waals surface area contributed by atoms with Gasteiger partial charge in [0.25, 0.3) is 0 Å². The van der Waals surface area contributed by atoms with Crippen molar-refractivity contribution in [2.75, 3.05) is 20.0 Å². The molecule has 0 saturated heterocycles. The summed E-state index contributed by atoms with van der Waals surface area (Å²) in [5, 5.41) is 0.706. The fourth-order valence-electron chi connectivity index (χ4n) is 2.28. The van der Waals surface area contributed by atoms with Crippen molar-refractivity contribution >= 4 is 16.9 Å². The Labute approximate surface area is 127 Å². The largest absolute Gasteiger partial charge is 0.492 e. The molecule has 6 nitrogen and oxygen atoms in total. The van der Waals surface area contributed by atoms with E-state index in [1.165, 1.54) is 6.20 Å². The molecule has 0 unspecified atom stereocenters. The fourth-order valence-corrected chi connectivity index (χ4v) is 2.28. The Morgan fingerprint density at radius 2 is 2.05 bits per heavy atom. The zero-order valence-corrected chi connectivity index (χ0v) is 12.5. The van der Waals surface area contributed by atoms with Crippen LogP contribution in [0.3, 0.4) is 0 Å². The lowest BCUT2D eigenvalue weighted by atomic mass is 10.1. The molecule has 2 heterocycles. The monoisotopic (exact) mass is 303 g/mol. The Hall–Kier alpha value is -2.50. The highest BCUT2D eigenvalue weighted by Gasteiger charge is 2.22. The number of carbonyl (C=O) groups is 1. The summed E-state index contributed by atoms with van der Waals surface area (Å²) in [4.78, 5) is 16.5. The second kappa shape index (κ2) is 6.09. The summed E-state index contributed by atoms with van der Waals surface area (Å²) in [7, 11) is 0. The molecule has 0 spiro atoms. The number of carbonyl (C=O) groups excluding carboxylic acids is 1. The van der Waals surface area contributed by atoms with Crippen LogP contribution in [0.15, 0.2) is 18.3 Å². The van der Waals surface area contributed by atoms with Crippen molar-refractivity contribution in [1.82, 2.24) is 4.98 Å². The highest BCUT2D eigenvalue weighted by Crippen LogP contribution is 2.39. The Morgan fingerprint density at radius 1 is 1.27 bits per heavy atom. The minimum Gasteiger partial charge on any atom is -0.492 e. The zero-order chi connectivity index (χ0) is 15.5. The average molecular weight is 303 g/mol. The minimum absolute atomic E-state index is 0.182. The van der Waals surface area contributed by atoms with Gasteiger partial charge in [-0.15, -0.1) is 0 Å². The number of aromatic nitrogens is 1. The van der Waals surface area contributed by atoms with E-state index >= 15 is 0 Å². The van der Waals surface area contributed by atoms with Crippen molar-refractivity contribution in [2.24, 2.45) is 0 Å². The summed E-state index contributed by atoms with van der Waals surface area (Å²) >= 11 is 0. The second-order valence-electron chi connectivity index (χ2n) is 4.79. The van der Waals surface area contributed by atoms with Gasteiger partial charge in [0.05, 0.1) is 18.7 Å². The van der Waals surface area contributed by atoms with Crippen molar-refractivity contribution in [3.05, 3.63) is 23.9 Å². The van der Waals surface area contributed by atoms with Gasteiger partial charge in [-0.3, -0.25) is 4.98 Å². The summed E-state index contributed by atoms with van der Waals surface area (Å²) in [6.45, 7) is 4.78. The summed E-state index contributed by atoms with van der Waals surface area (Å²) in [6, 6.07) is 3.56. The predicted octanol–water partition coefficient (Wildman–Crippen LogP) is 2.93. The van der Waals surface area contributed by atoms with Crippen LogP contribution in [0.4, 0.5) is 0 Å². The van der Waals surface area contributed by atoms with Crippen molar-refractivity contribution in [3.63, 3.8) is 0 Å². The van der Waals surface area contributed by atoms with Gasteiger partial charge in [-0.2, -0.15) is 0 Å². The molecule has 0 bridgehead atoms. The van der Waals surface area contributed by atoms with Gasteiger partial charge in [0.1, 0.15) is 11.3 Å². The summed E-state index contributed by atoms with van der Waals surface area (Å²) < 4.78 is 21.6. The standard InChI is InChI=1S/C16H17NO5/c1-3-5-20-16(18)11-8-17-12-7-14-13(21-9-22-14)6-10(12)15(11)19-4-2/h6-8H,3-5,9H2,1-2H3. The number of rotatable bonds is 5. The van der Waals surface area contributed by atoms with E-state index in [0.717, 1.165) is 6.42 Å². The average Bonchev–Trinajstić information content (AvgIpc) is 2.98. The van der Waals surface area contributed by atoms with Gasteiger partial charge >= 0.3 is 5.97 Å². The molecule has 1 aliphatic rings. The van der Waals surface area contributed by atoms with Crippen LogP contribution in [-0.2, 0) is 4.74 Å². The third-order valence-corrected chi connectivity index (χ3v) is 3.26. The molecule has 0 aliphatic carbocycles. The van der Waals surface area contributed by atoms with Crippen molar-refractivity contribution in [3.8, 4) is 17.2 Å². The van der Waals surface area contributed by atoms with E-state index in [-0.39, 0.29) is 6.79 Å². The molecule has 1 aromatic carbocycles. The normalized spacial score (nSPS) is 12.5. The maximum atomic E-state index is 12.2. The molecule has 0 fully saturated rings. The summed E-state index contributed by atoms with van der Waals surface area (Å²) in [6.07, 6.45) is 2.24. The molecule has 0 N–H and O–H groups in total. The highest BCUT2D eigenvalue weighted by molar-refractivity contribution is 6.00. The van der Waals surface area contributed by atoms with E-state index in [9.17, 15) is 4.79 Å². The summed E-state index contributed by atoms with van der Waals surface area (Å²) in [5.41, 5.74) is 1.00. The van der Waals surface area contributed by atoms with Crippen LogP contribution >= 0.6 is 0 Å². The number of hydrogen-bond acceptors (Lipinski definition) is 6. The first-order valence-corrected chi connectivity index (χ1v) is 7.26. The van der Waals surface area contributed by atoms with Crippen LogP contribution in [-0.4, -0.2) is 31.0 Å². The van der Waals surface area contributed by atoms with Crippen molar-refractivity contribution < 1.29 is 23.7 Å². The molecule has 22 heavy (non-hydrogen) atoms. The Morgan fingerprint density at radius 3 is 2.77 bits per heavy atom. The Kier molecular flexibility index (Phi) is 4.00. The third-order valence-electron chi connectivity index (χ3n) is 3.26. The van der Waals surface area contributed by atoms with E-state index in [1.807, 2.05) is 13.8 Å². The Balaban J connectivity index is 2.10. The van der Waals surface area contributed by atoms with Crippen LogP contribution in [0.2, 0.25) is 0 Å². The molecule has 0 amide bonds. The first-order valence-electron chi connectivity index (χ1n) is 7.26. The fraction of sp³-hybridized carbons (Fsp3) is 0.375. The smallest absolute Gasteiger partial charge is 0.343 e. The van der Waals surface area contributed by atoms with E-state index in [4.69, 9.17) is 18.9 Å². The molecule has 0 saturated carbocycles. The van der Waals surface area contributed by atoms with Crippen molar-refractivity contribution in [1.29, 1.82) is 0 Å². The van der Waals surface area contributed by atoms with Gasteiger partial charge < -0.3 is 18.9 Å². The molecule has 3 rings (SSSR count). The number of hydrogen-bond donors (Lipinski definition) is 0. The van der Waals surface area contributed by atoms with Gasteiger partial charge in [-0.25, -0.2) is 4.79 Å². The second-order valence-corrected chi connectivity index (χ2v) is 4.79. The number of fused-ring (bicyclic) bond motifs is 2. The van der Waals surface area contributed by atoms with Gasteiger partial charge in [-0.1, -0.05) is 6.92 Å². The van der Waals surface area contributed by atoms with E-state index in [2.05, 4.69) is 4.98 Å². The van der Waals surface area contributed by atoms with Gasteiger partial charge in [0, 0.05) is 17.6 Å². The molecule has 6 heteroatoms. The van der Waals surface area contributed by atoms with Crippen LogP contribution in [0.25, 0.3) is 10.9 Å². The van der Waals surface area contributed by atoms with Gasteiger partial charge in [-0.05, 0) is 19.4 Å². The lowest BCUT2D eigenvalue weighted by molar-refractivity contribution is 0.0500. The van der Waals surface area contributed by atoms with E-state index < -0.39 is 5.97 Å². The number of ether oxygens (including phenoxy) is 4. The van der Waals surface area contributed by atoms with Crippen molar-refractivity contribution in [2.45, 2.75) is 20.3 Å². The maximum absolute atomic E-state index is 12.2.